The highest BCUT2D eigenvalue weighted by atomic mass is 79.9. The summed E-state index contributed by atoms with van der Waals surface area (Å²) in [4.78, 5) is 24.1. The molecule has 0 unspecified atom stereocenters. The molecule has 0 aliphatic heterocycles. The van der Waals surface area contributed by atoms with Gasteiger partial charge >= 0.3 is 5.97 Å². The molecule has 0 bridgehead atoms. The molecule has 0 radical (unpaired) electrons. The lowest BCUT2D eigenvalue weighted by molar-refractivity contribution is -0.146. The monoisotopic (exact) mass is 313 g/mol. The minimum Gasteiger partial charge on any atom is -0.469 e. The standard InChI is InChI=1S/C13H16BrNO3/c1-15(12(16)9-13(17)18-2)8-7-10-3-5-11(14)6-4-10/h3-6H,7-9H2,1-2H3. The lowest BCUT2D eigenvalue weighted by atomic mass is 10.1. The molecule has 1 aromatic carbocycles. The van der Waals surface area contributed by atoms with E-state index in [0.29, 0.717) is 6.54 Å². The maximum Gasteiger partial charge on any atom is 0.315 e. The molecule has 0 heterocycles. The summed E-state index contributed by atoms with van der Waals surface area (Å²) in [5.41, 5.74) is 1.15. The highest BCUT2D eigenvalue weighted by Crippen LogP contribution is 2.11. The Morgan fingerprint density at radius 1 is 1.28 bits per heavy atom. The van der Waals surface area contributed by atoms with Crippen molar-refractivity contribution in [3.63, 3.8) is 0 Å². The number of halogens is 1. The third-order valence-corrected chi connectivity index (χ3v) is 3.13. The van der Waals surface area contributed by atoms with Gasteiger partial charge in [0.25, 0.3) is 0 Å². The van der Waals surface area contributed by atoms with Gasteiger partial charge in [-0.15, -0.1) is 0 Å². The largest absolute Gasteiger partial charge is 0.469 e. The molecule has 0 aliphatic carbocycles. The lowest BCUT2D eigenvalue weighted by Gasteiger charge is -2.16. The van der Waals surface area contributed by atoms with Crippen LogP contribution in [-0.2, 0) is 20.7 Å². The average Bonchev–Trinajstić information content (AvgIpc) is 2.37. The lowest BCUT2D eigenvalue weighted by Crippen LogP contribution is -2.30. The second-order valence-electron chi connectivity index (χ2n) is 3.94. The third-order valence-electron chi connectivity index (χ3n) is 2.60. The zero-order chi connectivity index (χ0) is 13.5. The number of esters is 1. The first-order valence-corrected chi connectivity index (χ1v) is 6.37. The number of amides is 1. The van der Waals surface area contributed by atoms with Crippen molar-refractivity contribution in [3.05, 3.63) is 34.3 Å². The van der Waals surface area contributed by atoms with Crippen molar-refractivity contribution in [2.24, 2.45) is 0 Å². The Kier molecular flexibility index (Phi) is 5.85. The molecule has 0 aliphatic rings. The van der Waals surface area contributed by atoms with Crippen LogP contribution in [0.3, 0.4) is 0 Å². The average molecular weight is 314 g/mol. The highest BCUT2D eigenvalue weighted by molar-refractivity contribution is 9.10. The number of rotatable bonds is 5. The number of nitrogens with zero attached hydrogens (tertiary/aromatic N) is 1. The predicted molar refractivity (Wildman–Crippen MR) is 72.1 cm³/mol. The molecule has 1 rings (SSSR count). The zero-order valence-corrected chi connectivity index (χ0v) is 12.1. The van der Waals surface area contributed by atoms with Crippen LogP contribution in [0.15, 0.2) is 28.7 Å². The molecule has 0 fully saturated rings. The summed E-state index contributed by atoms with van der Waals surface area (Å²) in [6.07, 6.45) is 0.560. The van der Waals surface area contributed by atoms with E-state index in [1.165, 1.54) is 7.11 Å². The predicted octanol–water partition coefficient (Wildman–Crippen LogP) is 2.01. The molecule has 0 aromatic heterocycles. The minimum atomic E-state index is -0.504. The molecule has 98 valence electrons. The van der Waals surface area contributed by atoms with E-state index in [9.17, 15) is 9.59 Å². The van der Waals surface area contributed by atoms with E-state index in [1.807, 2.05) is 24.3 Å². The maximum atomic E-state index is 11.6. The number of likely N-dealkylation sites (N-methyl/N-ethyl adjacent to an activating group) is 1. The summed E-state index contributed by atoms with van der Waals surface area (Å²) in [6.45, 7) is 0.581. The zero-order valence-electron chi connectivity index (χ0n) is 10.5. The Balaban J connectivity index is 2.40. The van der Waals surface area contributed by atoms with Gasteiger partial charge in [0.2, 0.25) is 5.91 Å². The molecule has 0 saturated heterocycles. The van der Waals surface area contributed by atoms with Gasteiger partial charge in [0, 0.05) is 18.1 Å². The normalized spacial score (nSPS) is 9.94. The van der Waals surface area contributed by atoms with Crippen LogP contribution in [0.4, 0.5) is 0 Å². The Morgan fingerprint density at radius 2 is 1.89 bits per heavy atom. The molecule has 4 nitrogen and oxygen atoms in total. The molecule has 0 N–H and O–H groups in total. The number of carbonyl (C=O) groups excluding carboxylic acids is 2. The van der Waals surface area contributed by atoms with Crippen molar-refractivity contribution in [3.8, 4) is 0 Å². The number of carbonyl (C=O) groups is 2. The van der Waals surface area contributed by atoms with E-state index in [1.54, 1.807) is 11.9 Å². The van der Waals surface area contributed by atoms with Crippen LogP contribution in [-0.4, -0.2) is 37.5 Å². The number of ether oxygens (including phenoxy) is 1. The fourth-order valence-electron chi connectivity index (χ4n) is 1.40. The van der Waals surface area contributed by atoms with Gasteiger partial charge in [-0.2, -0.15) is 0 Å². The molecule has 1 aromatic rings. The van der Waals surface area contributed by atoms with Gasteiger partial charge in [0.1, 0.15) is 6.42 Å². The van der Waals surface area contributed by atoms with Gasteiger partial charge in [0.15, 0.2) is 0 Å². The maximum absolute atomic E-state index is 11.6. The van der Waals surface area contributed by atoms with Crippen LogP contribution in [0.25, 0.3) is 0 Å². The molecule has 0 atom stereocenters. The summed E-state index contributed by atoms with van der Waals surface area (Å²) in [7, 11) is 2.96. The third kappa shape index (κ3) is 4.87. The summed E-state index contributed by atoms with van der Waals surface area (Å²) < 4.78 is 5.48. The van der Waals surface area contributed by atoms with Crippen LogP contribution < -0.4 is 0 Å². The quantitative estimate of drug-likeness (QED) is 0.617. The van der Waals surface area contributed by atoms with Crippen molar-refractivity contribution in [2.45, 2.75) is 12.8 Å². The van der Waals surface area contributed by atoms with E-state index < -0.39 is 5.97 Å². The van der Waals surface area contributed by atoms with E-state index in [4.69, 9.17) is 0 Å². The molecular formula is C13H16BrNO3. The van der Waals surface area contributed by atoms with Crippen molar-refractivity contribution in [1.29, 1.82) is 0 Å². The first-order chi connectivity index (χ1) is 8.52. The number of hydrogen-bond donors (Lipinski definition) is 0. The summed E-state index contributed by atoms with van der Waals surface area (Å²) in [6, 6.07) is 7.93. The van der Waals surface area contributed by atoms with Crippen LogP contribution >= 0.6 is 15.9 Å². The van der Waals surface area contributed by atoms with Gasteiger partial charge in [-0.1, -0.05) is 28.1 Å². The summed E-state index contributed by atoms with van der Waals surface area (Å²) in [5.74, 6) is -0.727. The number of methoxy groups -OCH3 is 1. The van der Waals surface area contributed by atoms with E-state index in [0.717, 1.165) is 16.5 Å². The Bertz CT molecular complexity index is 417. The molecule has 1 amide bonds. The molecule has 18 heavy (non-hydrogen) atoms. The first-order valence-electron chi connectivity index (χ1n) is 5.58. The highest BCUT2D eigenvalue weighted by Gasteiger charge is 2.13. The van der Waals surface area contributed by atoms with Crippen LogP contribution in [0.1, 0.15) is 12.0 Å². The van der Waals surface area contributed by atoms with Crippen molar-refractivity contribution < 1.29 is 14.3 Å². The van der Waals surface area contributed by atoms with Crippen LogP contribution in [0, 0.1) is 0 Å². The number of hydrogen-bond acceptors (Lipinski definition) is 3. The molecule has 5 heteroatoms. The van der Waals surface area contributed by atoms with Crippen LogP contribution in [0.5, 0.6) is 0 Å². The Morgan fingerprint density at radius 3 is 2.44 bits per heavy atom. The Hall–Kier alpha value is -1.36. The minimum absolute atomic E-state index is 0.201. The Labute approximate surface area is 115 Å². The van der Waals surface area contributed by atoms with Gasteiger partial charge in [-0.3, -0.25) is 9.59 Å². The van der Waals surface area contributed by atoms with E-state index in [-0.39, 0.29) is 12.3 Å². The summed E-state index contributed by atoms with van der Waals surface area (Å²) in [5, 5.41) is 0. The van der Waals surface area contributed by atoms with Crippen LogP contribution in [0.2, 0.25) is 0 Å². The van der Waals surface area contributed by atoms with E-state index >= 15 is 0 Å². The van der Waals surface area contributed by atoms with Gasteiger partial charge in [0.05, 0.1) is 7.11 Å². The second kappa shape index (κ2) is 7.16. The first kappa shape index (κ1) is 14.7. The van der Waals surface area contributed by atoms with Crippen molar-refractivity contribution in [1.82, 2.24) is 4.90 Å². The van der Waals surface area contributed by atoms with Gasteiger partial charge < -0.3 is 9.64 Å². The summed E-state index contributed by atoms with van der Waals surface area (Å²) >= 11 is 3.37. The topological polar surface area (TPSA) is 46.6 Å². The second-order valence-corrected chi connectivity index (χ2v) is 4.86. The van der Waals surface area contributed by atoms with Gasteiger partial charge in [-0.25, -0.2) is 0 Å². The number of benzene rings is 1. The van der Waals surface area contributed by atoms with Crippen molar-refractivity contribution >= 4 is 27.8 Å². The van der Waals surface area contributed by atoms with Crippen molar-refractivity contribution in [2.75, 3.05) is 20.7 Å². The fourth-order valence-corrected chi connectivity index (χ4v) is 1.67. The fraction of sp³-hybridized carbons (Fsp3) is 0.385. The van der Waals surface area contributed by atoms with Gasteiger partial charge in [-0.05, 0) is 24.1 Å². The smallest absolute Gasteiger partial charge is 0.315 e. The molecule has 0 saturated carbocycles. The molecular weight excluding hydrogens is 298 g/mol. The SMILES string of the molecule is COC(=O)CC(=O)N(C)CCc1ccc(Br)cc1. The van der Waals surface area contributed by atoms with E-state index in [2.05, 4.69) is 20.7 Å². The molecule has 0 spiro atoms.